The molecule has 3 aromatic carbocycles. The molecule has 11 nitrogen and oxygen atoms in total. The zero-order valence-electron chi connectivity index (χ0n) is 29.8. The second kappa shape index (κ2) is 23.6. The van der Waals surface area contributed by atoms with Gasteiger partial charge in [0.25, 0.3) is 0 Å². The van der Waals surface area contributed by atoms with Gasteiger partial charge in [-0.1, -0.05) is 76.2 Å². The number of hydrogen-bond donors (Lipinski definition) is 4. The van der Waals surface area contributed by atoms with Gasteiger partial charge in [0, 0.05) is 18.7 Å². The van der Waals surface area contributed by atoms with Crippen molar-refractivity contribution >= 4 is 74.4 Å². The highest BCUT2D eigenvalue weighted by Crippen LogP contribution is 2.55. The number of benzene rings is 3. The summed E-state index contributed by atoms with van der Waals surface area (Å²) in [4.78, 5) is 61.8. The first kappa shape index (κ1) is 42.5. The first-order valence-electron chi connectivity index (χ1n) is 17.4. The van der Waals surface area contributed by atoms with Gasteiger partial charge < -0.3 is 31.2 Å². The topological polar surface area (TPSA) is 166 Å². The third-order valence-electron chi connectivity index (χ3n) is 7.98. The minimum atomic E-state index is -1.93. The van der Waals surface area contributed by atoms with Crippen LogP contribution in [0.5, 0.6) is 0 Å². The second-order valence-electron chi connectivity index (χ2n) is 11.7. The molecule has 0 aromatic heterocycles. The van der Waals surface area contributed by atoms with Crippen molar-refractivity contribution in [1.82, 2.24) is 16.0 Å². The summed E-state index contributed by atoms with van der Waals surface area (Å²) in [6.45, 7) is 3.84. The summed E-state index contributed by atoms with van der Waals surface area (Å²) in [5.74, 6) is -2.12. The Morgan fingerprint density at radius 3 is 1.83 bits per heavy atom. The summed E-state index contributed by atoms with van der Waals surface area (Å²) >= 11 is 0. The van der Waals surface area contributed by atoms with Gasteiger partial charge in [-0.3, -0.25) is 24.0 Å². The third kappa shape index (κ3) is 13.9. The summed E-state index contributed by atoms with van der Waals surface area (Å²) in [5, 5.41) is 12.1. The fourth-order valence-corrected chi connectivity index (χ4v) is 11.9. The number of nitrogens with one attached hydrogen (secondary N) is 3. The number of amides is 3. The Labute approximate surface area is 315 Å². The van der Waals surface area contributed by atoms with E-state index in [1.165, 1.54) is 37.5 Å². The van der Waals surface area contributed by atoms with Crippen LogP contribution in [0.3, 0.4) is 0 Å². The lowest BCUT2D eigenvalue weighted by Gasteiger charge is -2.27. The van der Waals surface area contributed by atoms with Crippen LogP contribution >= 0.6 is 28.9 Å². The van der Waals surface area contributed by atoms with Crippen molar-refractivity contribution < 1.29 is 33.4 Å². The molecule has 0 radical (unpaired) electrons. The van der Waals surface area contributed by atoms with E-state index >= 15 is 0 Å². The Morgan fingerprint density at radius 2 is 1.29 bits per heavy atom. The Bertz CT molecular complexity index is 1460. The number of carbonyl (C=O) groups is 5. The van der Waals surface area contributed by atoms with Gasteiger partial charge >= 0.3 is 11.9 Å². The van der Waals surface area contributed by atoms with E-state index in [0.29, 0.717) is 6.54 Å². The fourth-order valence-electron chi connectivity index (χ4n) is 5.44. The first-order valence-corrected chi connectivity index (χ1v) is 21.9. The van der Waals surface area contributed by atoms with Crippen LogP contribution in [0.15, 0.2) is 91.0 Å². The van der Waals surface area contributed by atoms with Gasteiger partial charge in [0.15, 0.2) is 0 Å². The summed E-state index contributed by atoms with van der Waals surface area (Å²) in [5.41, 5.74) is 5.79. The maximum Gasteiger partial charge on any atom is 0.325 e. The van der Waals surface area contributed by atoms with Gasteiger partial charge in [-0.2, -0.15) is 0 Å². The van der Waals surface area contributed by atoms with Crippen molar-refractivity contribution in [2.75, 3.05) is 44.0 Å². The van der Waals surface area contributed by atoms with E-state index in [1.54, 1.807) is 13.8 Å². The van der Waals surface area contributed by atoms with Crippen LogP contribution in [-0.2, 0) is 33.4 Å². The Morgan fingerprint density at radius 1 is 0.731 bits per heavy atom. The summed E-state index contributed by atoms with van der Waals surface area (Å²) in [6, 6.07) is 30.1. The maximum atomic E-state index is 12.9. The van der Waals surface area contributed by atoms with E-state index in [-0.39, 0.29) is 50.0 Å². The van der Waals surface area contributed by atoms with E-state index in [2.05, 4.69) is 88.7 Å². The quantitative estimate of drug-likeness (QED) is 0.0488. The van der Waals surface area contributed by atoms with Crippen molar-refractivity contribution in [1.29, 1.82) is 0 Å². The lowest BCUT2D eigenvalue weighted by atomic mass is 10.1. The third-order valence-corrected chi connectivity index (χ3v) is 14.8. The molecule has 14 heteroatoms. The maximum absolute atomic E-state index is 12.9. The number of esters is 2. The number of nitrogens with two attached hydrogens (primary N) is 1. The monoisotopic (exact) mass is 769 g/mol. The number of ether oxygens (including phenoxy) is 2. The van der Waals surface area contributed by atoms with Gasteiger partial charge in [-0.15, -0.1) is 0 Å². The highest BCUT2D eigenvalue weighted by atomic mass is 33.1. The van der Waals surface area contributed by atoms with Crippen LogP contribution in [-0.4, -0.2) is 85.7 Å². The molecule has 0 aliphatic rings. The number of hydrogen-bond acceptors (Lipinski definition) is 10. The molecule has 0 saturated carbocycles. The molecule has 280 valence electrons. The average molecular weight is 770 g/mol. The molecule has 2 atom stereocenters. The molecule has 3 rings (SSSR count). The summed E-state index contributed by atoms with van der Waals surface area (Å²) in [7, 11) is 0.577. The van der Waals surface area contributed by atoms with E-state index in [4.69, 9.17) is 15.2 Å². The van der Waals surface area contributed by atoms with Crippen molar-refractivity contribution in [3.63, 3.8) is 0 Å². The molecule has 0 spiro atoms. The van der Waals surface area contributed by atoms with E-state index in [1.807, 2.05) is 18.2 Å². The lowest BCUT2D eigenvalue weighted by molar-refractivity contribution is -0.145. The molecule has 0 bridgehead atoms. The van der Waals surface area contributed by atoms with E-state index in [9.17, 15) is 24.0 Å². The molecule has 3 aromatic rings. The fraction of sp³-hybridized carbons (Fsp3) is 0.395. The summed E-state index contributed by atoms with van der Waals surface area (Å²) in [6.07, 6.45) is 2.63. The largest absolute Gasteiger partial charge is 0.465 e. The van der Waals surface area contributed by atoms with Gasteiger partial charge in [-0.05, 0) is 69.5 Å². The highest BCUT2D eigenvalue weighted by molar-refractivity contribution is 8.76. The lowest BCUT2D eigenvalue weighted by Crippen LogP contribution is -2.49. The number of rotatable bonds is 23. The Balaban J connectivity index is 1.50. The first-order chi connectivity index (χ1) is 25.2. The Hall–Kier alpha value is -3.90. The molecular weight excluding hydrogens is 720 g/mol. The standard InChI is InChI=1S/C38H49N4O7PS2/c1-3-48-36(45)26-41-37(46)33(42-34(43)23-22-32(39)38(47)49-4-2)27-51-52-28-35(44)40-24-14-15-25-50(29-16-8-5-9-17-29,30-18-10-6-11-19-30)31-20-12-7-13-21-31/h5-13,16-21,32-33H,3-4,14-15,22-28,39H2,1-2H3,(H2-,40,41,42,43,44,46)/p+1/t32-,33-/m0/s1. The molecule has 52 heavy (non-hydrogen) atoms. The van der Waals surface area contributed by atoms with Crippen LogP contribution in [0, 0.1) is 0 Å². The molecule has 0 unspecified atom stereocenters. The molecular formula is C38H50N4O7PS2+. The minimum Gasteiger partial charge on any atom is -0.465 e. The number of unbranched alkanes of at least 4 members (excludes halogenated alkanes) is 1. The molecule has 0 aliphatic heterocycles. The van der Waals surface area contributed by atoms with E-state index in [0.717, 1.165) is 19.0 Å². The molecule has 0 heterocycles. The molecule has 5 N–H and O–H groups in total. The van der Waals surface area contributed by atoms with E-state index < -0.39 is 43.1 Å². The van der Waals surface area contributed by atoms with Crippen LogP contribution in [0.25, 0.3) is 0 Å². The normalized spacial score (nSPS) is 12.2. The van der Waals surface area contributed by atoms with Gasteiger partial charge in [-0.25, -0.2) is 0 Å². The van der Waals surface area contributed by atoms with Gasteiger partial charge in [0.1, 0.15) is 41.8 Å². The zero-order valence-corrected chi connectivity index (χ0v) is 32.3. The van der Waals surface area contributed by atoms with Crippen LogP contribution in [0.2, 0.25) is 0 Å². The Kier molecular flexibility index (Phi) is 19.3. The SMILES string of the molecule is CCOC(=O)CNC(=O)[C@H](CSSCC(=O)NCCCC[P+](c1ccccc1)(c1ccccc1)c1ccccc1)NC(=O)CC[C@H](N)C(=O)OCC. The van der Waals surface area contributed by atoms with Crippen LogP contribution in [0.4, 0.5) is 0 Å². The van der Waals surface area contributed by atoms with Crippen molar-refractivity contribution in [2.45, 2.75) is 51.6 Å². The number of carbonyl (C=O) groups excluding carboxylic acids is 5. The molecule has 3 amide bonds. The molecule has 0 fully saturated rings. The van der Waals surface area contributed by atoms with Crippen molar-refractivity contribution in [3.05, 3.63) is 91.0 Å². The van der Waals surface area contributed by atoms with Crippen molar-refractivity contribution in [3.8, 4) is 0 Å². The van der Waals surface area contributed by atoms with Crippen LogP contribution in [0.1, 0.15) is 39.5 Å². The highest BCUT2D eigenvalue weighted by Gasteiger charge is 2.44. The zero-order chi connectivity index (χ0) is 37.6. The predicted molar refractivity (Wildman–Crippen MR) is 213 cm³/mol. The smallest absolute Gasteiger partial charge is 0.325 e. The van der Waals surface area contributed by atoms with Crippen LogP contribution < -0.4 is 37.6 Å². The second-order valence-corrected chi connectivity index (χ2v) is 17.8. The minimum absolute atomic E-state index is 0.0391. The van der Waals surface area contributed by atoms with Gasteiger partial charge in [0.05, 0.1) is 25.1 Å². The van der Waals surface area contributed by atoms with Gasteiger partial charge in [0.2, 0.25) is 17.7 Å². The summed E-state index contributed by atoms with van der Waals surface area (Å²) < 4.78 is 9.73. The van der Waals surface area contributed by atoms with Crippen molar-refractivity contribution in [2.24, 2.45) is 5.73 Å². The molecule has 0 saturated heterocycles. The molecule has 0 aliphatic carbocycles. The predicted octanol–water partition coefficient (Wildman–Crippen LogP) is 3.09. The average Bonchev–Trinajstić information content (AvgIpc) is 3.16.